The van der Waals surface area contributed by atoms with Gasteiger partial charge in [0.05, 0.1) is 6.04 Å². The number of ether oxygens (including phenoxy) is 2. The van der Waals surface area contributed by atoms with E-state index in [0.29, 0.717) is 23.0 Å². The van der Waals surface area contributed by atoms with Crippen LogP contribution >= 0.6 is 0 Å². The van der Waals surface area contributed by atoms with E-state index in [0.717, 1.165) is 25.9 Å². The number of nitrogens with two attached hydrogens (primary N) is 2. The Morgan fingerprint density at radius 1 is 1.32 bits per heavy atom. The molecule has 1 fully saturated rings. The topological polar surface area (TPSA) is 117 Å². The Morgan fingerprint density at radius 2 is 2.12 bits per heavy atom. The standard InChI is InChI=1S/C17H21N5O3/c18-16-14(17(19)23)15(21-22(16)10-4-3-7-20-8-10)13-9-24-11-5-1-2-6-12(11)25-13/h1-2,5-6,10,13,20H,3-4,7-9,18H2,(H2,19,23)/t10-,13?/m1/s1. The second-order valence-electron chi connectivity index (χ2n) is 6.32. The number of benzene rings is 1. The summed E-state index contributed by atoms with van der Waals surface area (Å²) >= 11 is 0. The molecule has 0 spiro atoms. The summed E-state index contributed by atoms with van der Waals surface area (Å²) in [7, 11) is 0. The van der Waals surface area contributed by atoms with Crippen molar-refractivity contribution in [2.75, 3.05) is 25.4 Å². The number of amides is 1. The number of piperidine rings is 1. The van der Waals surface area contributed by atoms with Crippen molar-refractivity contribution >= 4 is 11.7 Å². The molecule has 1 saturated heterocycles. The molecular formula is C17H21N5O3. The van der Waals surface area contributed by atoms with Crippen LogP contribution in [0.1, 0.15) is 41.0 Å². The summed E-state index contributed by atoms with van der Waals surface area (Å²) < 4.78 is 13.4. The van der Waals surface area contributed by atoms with Gasteiger partial charge in [0.2, 0.25) is 0 Å². The number of aromatic nitrogens is 2. The smallest absolute Gasteiger partial charge is 0.254 e. The molecule has 25 heavy (non-hydrogen) atoms. The largest absolute Gasteiger partial charge is 0.485 e. The number of hydrogen-bond acceptors (Lipinski definition) is 6. The Kier molecular flexibility index (Phi) is 3.96. The average Bonchev–Trinajstić information content (AvgIpc) is 2.99. The van der Waals surface area contributed by atoms with E-state index in [9.17, 15) is 4.79 Å². The lowest BCUT2D eigenvalue weighted by Crippen LogP contribution is -2.33. The monoisotopic (exact) mass is 343 g/mol. The van der Waals surface area contributed by atoms with Gasteiger partial charge >= 0.3 is 0 Å². The third-order valence-corrected chi connectivity index (χ3v) is 4.65. The normalized spacial score (nSPS) is 22.6. The minimum absolute atomic E-state index is 0.0948. The number of carbonyl (C=O) groups excluding carboxylic acids is 1. The molecule has 8 nitrogen and oxygen atoms in total. The van der Waals surface area contributed by atoms with Crippen LogP contribution in [0.5, 0.6) is 11.5 Å². The van der Waals surface area contributed by atoms with Crippen molar-refractivity contribution in [2.24, 2.45) is 5.73 Å². The maximum Gasteiger partial charge on any atom is 0.254 e. The first-order valence-electron chi connectivity index (χ1n) is 8.42. The van der Waals surface area contributed by atoms with Crippen LogP contribution in [0.3, 0.4) is 0 Å². The molecule has 0 aliphatic carbocycles. The van der Waals surface area contributed by atoms with Crippen molar-refractivity contribution in [3.05, 3.63) is 35.5 Å². The van der Waals surface area contributed by atoms with Crippen LogP contribution in [0.2, 0.25) is 0 Å². The van der Waals surface area contributed by atoms with E-state index in [1.165, 1.54) is 0 Å². The molecule has 132 valence electrons. The zero-order valence-electron chi connectivity index (χ0n) is 13.8. The number of nitrogen functional groups attached to an aromatic ring is 1. The number of para-hydroxylation sites is 2. The van der Waals surface area contributed by atoms with Gasteiger partial charge in [-0.25, -0.2) is 4.68 Å². The quantitative estimate of drug-likeness (QED) is 0.765. The summed E-state index contributed by atoms with van der Waals surface area (Å²) in [6.45, 7) is 1.98. The van der Waals surface area contributed by atoms with Crippen molar-refractivity contribution < 1.29 is 14.3 Å². The molecule has 2 aliphatic heterocycles. The summed E-state index contributed by atoms with van der Waals surface area (Å²) in [6, 6.07) is 7.48. The van der Waals surface area contributed by atoms with Crippen LogP contribution < -0.4 is 26.3 Å². The van der Waals surface area contributed by atoms with Gasteiger partial charge in [-0.2, -0.15) is 5.10 Å². The van der Waals surface area contributed by atoms with Crippen LogP contribution in [0.4, 0.5) is 5.82 Å². The van der Waals surface area contributed by atoms with Gasteiger partial charge in [0.25, 0.3) is 5.91 Å². The first-order chi connectivity index (χ1) is 12.1. The van der Waals surface area contributed by atoms with Gasteiger partial charge in [0.15, 0.2) is 17.6 Å². The molecule has 8 heteroatoms. The van der Waals surface area contributed by atoms with Gasteiger partial charge in [-0.3, -0.25) is 4.79 Å². The summed E-state index contributed by atoms with van der Waals surface area (Å²) in [6.07, 6.45) is 1.45. The lowest BCUT2D eigenvalue weighted by atomic mass is 10.1. The SMILES string of the molecule is NC(=O)c1c(C2COc3ccccc3O2)nn([C@@H]2CCCNC2)c1N. The zero-order chi connectivity index (χ0) is 17.4. The highest BCUT2D eigenvalue weighted by Gasteiger charge is 2.33. The number of fused-ring (bicyclic) bond motifs is 1. The zero-order valence-corrected chi connectivity index (χ0v) is 13.8. The summed E-state index contributed by atoms with van der Waals surface area (Å²) in [5.41, 5.74) is 12.4. The fourth-order valence-electron chi connectivity index (χ4n) is 3.42. The lowest BCUT2D eigenvalue weighted by Gasteiger charge is -2.26. The highest BCUT2D eigenvalue weighted by Crippen LogP contribution is 2.37. The van der Waals surface area contributed by atoms with Crippen molar-refractivity contribution in [2.45, 2.75) is 25.0 Å². The Labute approximate surface area is 145 Å². The molecule has 4 rings (SSSR count). The fraction of sp³-hybridized carbons (Fsp3) is 0.412. The maximum atomic E-state index is 12.0. The van der Waals surface area contributed by atoms with Crippen LogP contribution in [-0.4, -0.2) is 35.4 Å². The van der Waals surface area contributed by atoms with Crippen LogP contribution in [0, 0.1) is 0 Å². The molecule has 0 radical (unpaired) electrons. The molecular weight excluding hydrogens is 322 g/mol. The van der Waals surface area contributed by atoms with E-state index < -0.39 is 12.0 Å². The van der Waals surface area contributed by atoms with Gasteiger partial charge in [-0.05, 0) is 31.5 Å². The minimum Gasteiger partial charge on any atom is -0.485 e. The second-order valence-corrected chi connectivity index (χ2v) is 6.32. The Morgan fingerprint density at radius 3 is 2.84 bits per heavy atom. The van der Waals surface area contributed by atoms with E-state index >= 15 is 0 Å². The third kappa shape index (κ3) is 2.78. The Balaban J connectivity index is 1.70. The van der Waals surface area contributed by atoms with E-state index in [1.54, 1.807) is 4.68 Å². The predicted molar refractivity (Wildman–Crippen MR) is 91.6 cm³/mol. The minimum atomic E-state index is -0.607. The summed E-state index contributed by atoms with van der Waals surface area (Å²) in [5.74, 6) is 0.966. The van der Waals surface area contributed by atoms with Gasteiger partial charge in [0, 0.05) is 6.54 Å². The van der Waals surface area contributed by atoms with Gasteiger partial charge in [-0.1, -0.05) is 12.1 Å². The number of primary amides is 1. The molecule has 2 aliphatic rings. The first-order valence-corrected chi connectivity index (χ1v) is 8.42. The molecule has 2 aromatic rings. The highest BCUT2D eigenvalue weighted by molar-refractivity contribution is 5.98. The van der Waals surface area contributed by atoms with Gasteiger partial charge in [-0.15, -0.1) is 0 Å². The lowest BCUT2D eigenvalue weighted by molar-refractivity contribution is 0.0849. The maximum absolute atomic E-state index is 12.0. The molecule has 0 saturated carbocycles. The number of rotatable bonds is 3. The van der Waals surface area contributed by atoms with Gasteiger partial charge in [0.1, 0.15) is 23.7 Å². The van der Waals surface area contributed by atoms with Crippen molar-refractivity contribution in [3.8, 4) is 11.5 Å². The van der Waals surface area contributed by atoms with Crippen molar-refractivity contribution in [3.63, 3.8) is 0 Å². The number of nitrogens with zero attached hydrogens (tertiary/aromatic N) is 2. The Hall–Kier alpha value is -2.74. The third-order valence-electron chi connectivity index (χ3n) is 4.65. The van der Waals surface area contributed by atoms with Crippen LogP contribution in [0.25, 0.3) is 0 Å². The van der Waals surface area contributed by atoms with Gasteiger partial charge < -0.3 is 26.3 Å². The van der Waals surface area contributed by atoms with E-state index in [-0.39, 0.29) is 18.2 Å². The average molecular weight is 343 g/mol. The predicted octanol–water partition coefficient (Wildman–Crippen LogP) is 1.00. The number of carbonyl (C=O) groups is 1. The Bertz CT molecular complexity index is 798. The molecule has 5 N–H and O–H groups in total. The summed E-state index contributed by atoms with van der Waals surface area (Å²) in [5, 5.41) is 7.92. The van der Waals surface area contributed by atoms with E-state index in [2.05, 4.69) is 10.4 Å². The van der Waals surface area contributed by atoms with Crippen molar-refractivity contribution in [1.29, 1.82) is 0 Å². The van der Waals surface area contributed by atoms with Crippen molar-refractivity contribution in [1.82, 2.24) is 15.1 Å². The summed E-state index contributed by atoms with van der Waals surface area (Å²) in [4.78, 5) is 12.0. The van der Waals surface area contributed by atoms with Crippen LogP contribution in [-0.2, 0) is 0 Å². The molecule has 1 aromatic carbocycles. The van der Waals surface area contributed by atoms with E-state index in [1.807, 2.05) is 24.3 Å². The van der Waals surface area contributed by atoms with Crippen LogP contribution in [0.15, 0.2) is 24.3 Å². The number of hydrogen-bond donors (Lipinski definition) is 3. The molecule has 1 unspecified atom stereocenters. The first kappa shape index (κ1) is 15.8. The molecule has 2 atom stereocenters. The number of anilines is 1. The second kappa shape index (κ2) is 6.29. The fourth-order valence-corrected chi connectivity index (χ4v) is 3.42. The molecule has 1 amide bonds. The molecule has 0 bridgehead atoms. The highest BCUT2D eigenvalue weighted by atomic mass is 16.6. The molecule has 1 aromatic heterocycles. The molecule has 3 heterocycles. The van der Waals surface area contributed by atoms with E-state index in [4.69, 9.17) is 20.9 Å². The number of nitrogens with one attached hydrogen (secondary N) is 1.